The first kappa shape index (κ1) is 17.3. The number of rotatable bonds is 6. The molecular formula is C19H23NO2S. The topological polar surface area (TPSA) is 30.5 Å². The number of anilines is 1. The highest BCUT2D eigenvalue weighted by Crippen LogP contribution is 2.24. The van der Waals surface area contributed by atoms with Crippen molar-refractivity contribution in [3.63, 3.8) is 0 Å². The van der Waals surface area contributed by atoms with Gasteiger partial charge in [0.1, 0.15) is 12.4 Å². The molecule has 0 spiro atoms. The zero-order valence-corrected chi connectivity index (χ0v) is 14.7. The summed E-state index contributed by atoms with van der Waals surface area (Å²) in [6.45, 7) is 4.79. The second-order valence-corrected chi connectivity index (χ2v) is 5.58. The summed E-state index contributed by atoms with van der Waals surface area (Å²) >= 11 is 5.07. The lowest BCUT2D eigenvalue weighted by atomic mass is 10.1. The molecule has 0 radical (unpaired) electrons. The summed E-state index contributed by atoms with van der Waals surface area (Å²) in [6.07, 6.45) is 1.99. The molecule has 0 aliphatic heterocycles. The Hall–Kier alpha value is -2.07. The predicted molar refractivity (Wildman–Crippen MR) is 99.2 cm³/mol. The second-order valence-electron chi connectivity index (χ2n) is 5.21. The van der Waals surface area contributed by atoms with Crippen molar-refractivity contribution in [3.05, 3.63) is 59.2 Å². The smallest absolute Gasteiger partial charge is 0.260 e. The first-order chi connectivity index (χ1) is 11.2. The monoisotopic (exact) mass is 329 g/mol. The van der Waals surface area contributed by atoms with Crippen LogP contribution in [0.15, 0.2) is 42.5 Å². The number of methoxy groups -OCH3 is 1. The molecule has 0 saturated carbocycles. The normalized spacial score (nSPS) is 10.2. The van der Waals surface area contributed by atoms with E-state index in [0.29, 0.717) is 11.8 Å². The number of para-hydroxylation sites is 1. The van der Waals surface area contributed by atoms with Crippen molar-refractivity contribution >= 4 is 23.1 Å². The minimum atomic E-state index is 0.346. The van der Waals surface area contributed by atoms with E-state index in [1.807, 2.05) is 24.3 Å². The number of benzene rings is 2. The van der Waals surface area contributed by atoms with Gasteiger partial charge in [0.15, 0.2) is 0 Å². The lowest BCUT2D eigenvalue weighted by Gasteiger charge is -2.15. The summed E-state index contributed by atoms with van der Waals surface area (Å²) in [5.41, 5.74) is 4.51. The largest absolute Gasteiger partial charge is 0.489 e. The van der Waals surface area contributed by atoms with Crippen LogP contribution >= 0.6 is 12.2 Å². The Bertz CT molecular complexity index is 670. The molecule has 0 amide bonds. The summed E-state index contributed by atoms with van der Waals surface area (Å²) in [7, 11) is 1.55. The minimum absolute atomic E-state index is 0.346. The van der Waals surface area contributed by atoms with Crippen LogP contribution in [-0.2, 0) is 24.2 Å². The fourth-order valence-corrected chi connectivity index (χ4v) is 2.46. The van der Waals surface area contributed by atoms with Gasteiger partial charge in [0, 0.05) is 11.3 Å². The predicted octanol–water partition coefficient (Wildman–Crippen LogP) is 4.73. The average molecular weight is 329 g/mol. The average Bonchev–Trinajstić information content (AvgIpc) is 2.60. The SMILES string of the molecule is CCc1ccc(OCc2ccccc2NC(=S)OC)c(CC)c1. The Kier molecular flexibility index (Phi) is 6.41. The van der Waals surface area contributed by atoms with Gasteiger partial charge in [-0.2, -0.15) is 0 Å². The van der Waals surface area contributed by atoms with Crippen molar-refractivity contribution in [1.82, 2.24) is 0 Å². The molecule has 0 aliphatic carbocycles. The lowest BCUT2D eigenvalue weighted by Crippen LogP contribution is -2.13. The van der Waals surface area contributed by atoms with Gasteiger partial charge >= 0.3 is 0 Å². The number of hydrogen-bond donors (Lipinski definition) is 1. The second kappa shape index (κ2) is 8.53. The third kappa shape index (κ3) is 4.70. The minimum Gasteiger partial charge on any atom is -0.489 e. The molecule has 122 valence electrons. The highest BCUT2D eigenvalue weighted by atomic mass is 32.1. The molecule has 0 atom stereocenters. The highest BCUT2D eigenvalue weighted by Gasteiger charge is 2.07. The van der Waals surface area contributed by atoms with Gasteiger partial charge in [-0.15, -0.1) is 0 Å². The molecule has 0 aliphatic rings. The van der Waals surface area contributed by atoms with Gasteiger partial charge in [0.2, 0.25) is 0 Å². The fraction of sp³-hybridized carbons (Fsp3) is 0.316. The van der Waals surface area contributed by atoms with Crippen molar-refractivity contribution < 1.29 is 9.47 Å². The molecule has 0 fully saturated rings. The van der Waals surface area contributed by atoms with E-state index in [9.17, 15) is 0 Å². The van der Waals surface area contributed by atoms with E-state index in [1.165, 1.54) is 11.1 Å². The van der Waals surface area contributed by atoms with Crippen LogP contribution < -0.4 is 10.1 Å². The Morgan fingerprint density at radius 2 is 1.83 bits per heavy atom. The fourth-order valence-electron chi connectivity index (χ4n) is 2.35. The molecular weight excluding hydrogens is 306 g/mol. The maximum absolute atomic E-state index is 6.05. The molecule has 2 aromatic carbocycles. The molecule has 2 rings (SSSR count). The molecule has 0 heterocycles. The van der Waals surface area contributed by atoms with Gasteiger partial charge in [0.25, 0.3) is 5.17 Å². The third-order valence-corrected chi connectivity index (χ3v) is 4.01. The summed E-state index contributed by atoms with van der Waals surface area (Å²) < 4.78 is 11.1. The van der Waals surface area contributed by atoms with Crippen LogP contribution in [-0.4, -0.2) is 12.3 Å². The molecule has 0 bridgehead atoms. The van der Waals surface area contributed by atoms with Crippen LogP contribution in [0.2, 0.25) is 0 Å². The first-order valence-electron chi connectivity index (χ1n) is 7.85. The van der Waals surface area contributed by atoms with E-state index in [2.05, 4.69) is 37.4 Å². The molecule has 0 aromatic heterocycles. The van der Waals surface area contributed by atoms with Crippen LogP contribution in [0.4, 0.5) is 5.69 Å². The van der Waals surface area contributed by atoms with Crippen LogP contribution in [0, 0.1) is 0 Å². The van der Waals surface area contributed by atoms with Crippen LogP contribution in [0.5, 0.6) is 5.75 Å². The summed E-state index contributed by atoms with van der Waals surface area (Å²) in [6, 6.07) is 14.3. The van der Waals surface area contributed by atoms with Gasteiger partial charge in [0.05, 0.1) is 7.11 Å². The van der Waals surface area contributed by atoms with Gasteiger partial charge < -0.3 is 14.8 Å². The summed E-state index contributed by atoms with van der Waals surface area (Å²) in [4.78, 5) is 0. The van der Waals surface area contributed by atoms with E-state index in [4.69, 9.17) is 21.7 Å². The zero-order valence-electron chi connectivity index (χ0n) is 13.9. The summed E-state index contributed by atoms with van der Waals surface area (Å²) in [5.74, 6) is 0.939. The van der Waals surface area contributed by atoms with Crippen molar-refractivity contribution in [1.29, 1.82) is 0 Å². The summed E-state index contributed by atoms with van der Waals surface area (Å²) in [5, 5.41) is 3.42. The zero-order chi connectivity index (χ0) is 16.7. The van der Waals surface area contributed by atoms with Crippen LogP contribution in [0.3, 0.4) is 0 Å². The van der Waals surface area contributed by atoms with E-state index >= 15 is 0 Å². The number of hydrogen-bond acceptors (Lipinski definition) is 3. The van der Waals surface area contributed by atoms with E-state index < -0.39 is 0 Å². The number of nitrogens with one attached hydrogen (secondary N) is 1. The van der Waals surface area contributed by atoms with E-state index in [-0.39, 0.29) is 0 Å². The molecule has 0 unspecified atom stereocenters. The van der Waals surface area contributed by atoms with Crippen molar-refractivity contribution in [2.45, 2.75) is 33.3 Å². The molecule has 4 heteroatoms. The third-order valence-electron chi connectivity index (χ3n) is 3.74. The Balaban J connectivity index is 2.13. The first-order valence-corrected chi connectivity index (χ1v) is 8.26. The van der Waals surface area contributed by atoms with Gasteiger partial charge in [-0.25, -0.2) is 0 Å². The van der Waals surface area contributed by atoms with Crippen molar-refractivity contribution in [2.24, 2.45) is 0 Å². The maximum Gasteiger partial charge on any atom is 0.260 e. The van der Waals surface area contributed by atoms with E-state index in [1.54, 1.807) is 7.11 Å². The molecule has 1 N–H and O–H groups in total. The van der Waals surface area contributed by atoms with Crippen LogP contribution in [0.25, 0.3) is 0 Å². The maximum atomic E-state index is 6.05. The lowest BCUT2D eigenvalue weighted by molar-refractivity contribution is 0.303. The van der Waals surface area contributed by atoms with Crippen molar-refractivity contribution in [2.75, 3.05) is 12.4 Å². The van der Waals surface area contributed by atoms with Crippen molar-refractivity contribution in [3.8, 4) is 5.75 Å². The molecule has 23 heavy (non-hydrogen) atoms. The van der Waals surface area contributed by atoms with Crippen LogP contribution in [0.1, 0.15) is 30.5 Å². The number of aryl methyl sites for hydroxylation is 2. The standard InChI is InChI=1S/C19H23NO2S/c1-4-14-10-11-18(15(5-2)12-14)22-13-16-8-6-7-9-17(16)20-19(23)21-3/h6-12H,4-5,13H2,1-3H3,(H,20,23). The Morgan fingerprint density at radius 3 is 2.52 bits per heavy atom. The molecule has 2 aromatic rings. The molecule has 3 nitrogen and oxygen atoms in total. The molecule has 0 saturated heterocycles. The quantitative estimate of drug-likeness (QED) is 0.776. The number of ether oxygens (including phenoxy) is 2. The number of thiocarbonyl (C=S) groups is 1. The van der Waals surface area contributed by atoms with Gasteiger partial charge in [-0.05, 0) is 48.3 Å². The Labute approximate surface area is 143 Å². The Morgan fingerprint density at radius 1 is 1.04 bits per heavy atom. The highest BCUT2D eigenvalue weighted by molar-refractivity contribution is 7.80. The van der Waals surface area contributed by atoms with Gasteiger partial charge in [-0.1, -0.05) is 44.2 Å². The van der Waals surface area contributed by atoms with E-state index in [0.717, 1.165) is 29.8 Å². The van der Waals surface area contributed by atoms with Gasteiger partial charge in [-0.3, -0.25) is 0 Å².